The van der Waals surface area contributed by atoms with Gasteiger partial charge in [0.2, 0.25) is 0 Å². The Hall–Kier alpha value is -2.66. The number of methoxy groups -OCH3 is 2. The lowest BCUT2D eigenvalue weighted by Crippen LogP contribution is -2.06. The number of rotatable bonds is 4. The van der Waals surface area contributed by atoms with Gasteiger partial charge in [-0.3, -0.25) is 0 Å². The van der Waals surface area contributed by atoms with E-state index in [-0.39, 0.29) is 0 Å². The Morgan fingerprint density at radius 3 is 2.69 bits per heavy atom. The molecule has 0 bridgehead atoms. The van der Waals surface area contributed by atoms with Crippen LogP contribution in [0.2, 0.25) is 5.02 Å². The number of benzene rings is 2. The van der Waals surface area contributed by atoms with Crippen molar-refractivity contribution in [2.24, 2.45) is 0 Å². The zero-order chi connectivity index (χ0) is 18.3. The van der Waals surface area contributed by atoms with Crippen LogP contribution >= 0.6 is 11.6 Å². The van der Waals surface area contributed by atoms with Crippen LogP contribution in [0.1, 0.15) is 11.1 Å². The van der Waals surface area contributed by atoms with Crippen molar-refractivity contribution < 1.29 is 9.47 Å². The largest absolute Gasteiger partial charge is 0.493 e. The predicted molar refractivity (Wildman–Crippen MR) is 104 cm³/mol. The fraction of sp³-hybridized carbons (Fsp3) is 0.250. The van der Waals surface area contributed by atoms with Gasteiger partial charge in [-0.2, -0.15) is 5.10 Å². The Balaban J connectivity index is 1.95. The summed E-state index contributed by atoms with van der Waals surface area (Å²) in [5.41, 5.74) is 4.97. The van der Waals surface area contributed by atoms with Crippen LogP contribution in [0.15, 0.2) is 36.4 Å². The predicted octanol–water partition coefficient (Wildman–Crippen LogP) is 4.49. The van der Waals surface area contributed by atoms with Crippen molar-refractivity contribution >= 4 is 17.4 Å². The lowest BCUT2D eigenvalue weighted by Gasteiger charge is -2.12. The van der Waals surface area contributed by atoms with E-state index in [1.54, 1.807) is 14.2 Å². The molecule has 2 heterocycles. The highest BCUT2D eigenvalue weighted by atomic mass is 35.5. The summed E-state index contributed by atoms with van der Waals surface area (Å²) in [5.74, 6) is 2.39. The van der Waals surface area contributed by atoms with E-state index >= 15 is 0 Å². The van der Waals surface area contributed by atoms with E-state index in [4.69, 9.17) is 26.2 Å². The summed E-state index contributed by atoms with van der Waals surface area (Å²) in [5, 5.41) is 9.10. The molecule has 1 aromatic heterocycles. The third-order valence-electron chi connectivity index (χ3n) is 4.78. The summed E-state index contributed by atoms with van der Waals surface area (Å²) in [7, 11) is 3.29. The first-order valence-corrected chi connectivity index (χ1v) is 8.86. The average molecular weight is 370 g/mol. The van der Waals surface area contributed by atoms with Gasteiger partial charge >= 0.3 is 0 Å². The van der Waals surface area contributed by atoms with Crippen molar-refractivity contribution in [2.75, 3.05) is 26.1 Å². The highest BCUT2D eigenvalue weighted by molar-refractivity contribution is 6.31. The lowest BCUT2D eigenvalue weighted by molar-refractivity contribution is 0.356. The zero-order valence-electron chi connectivity index (χ0n) is 15.0. The number of hydrogen-bond acceptors (Lipinski definition) is 4. The summed E-state index contributed by atoms with van der Waals surface area (Å²) >= 11 is 6.33. The average Bonchev–Trinajstić information content (AvgIpc) is 3.26. The van der Waals surface area contributed by atoms with E-state index in [0.717, 1.165) is 46.3 Å². The molecule has 1 aliphatic rings. The van der Waals surface area contributed by atoms with Crippen molar-refractivity contribution in [1.29, 1.82) is 0 Å². The first-order valence-electron chi connectivity index (χ1n) is 8.48. The van der Waals surface area contributed by atoms with Gasteiger partial charge < -0.3 is 14.8 Å². The molecule has 5 nitrogen and oxygen atoms in total. The zero-order valence-corrected chi connectivity index (χ0v) is 15.7. The van der Waals surface area contributed by atoms with E-state index in [2.05, 4.69) is 5.32 Å². The molecule has 1 aliphatic heterocycles. The Morgan fingerprint density at radius 1 is 1.12 bits per heavy atom. The molecule has 0 saturated heterocycles. The molecule has 6 heteroatoms. The fourth-order valence-corrected chi connectivity index (χ4v) is 3.63. The molecule has 3 aromatic rings. The molecule has 2 aromatic carbocycles. The summed E-state index contributed by atoms with van der Waals surface area (Å²) < 4.78 is 13.0. The Bertz CT molecular complexity index is 981. The summed E-state index contributed by atoms with van der Waals surface area (Å²) in [4.78, 5) is 0. The summed E-state index contributed by atoms with van der Waals surface area (Å²) in [6, 6.07) is 11.7. The minimum atomic E-state index is 0.692. The van der Waals surface area contributed by atoms with Crippen molar-refractivity contribution in [1.82, 2.24) is 9.78 Å². The Morgan fingerprint density at radius 2 is 1.92 bits per heavy atom. The molecule has 0 aliphatic carbocycles. The van der Waals surface area contributed by atoms with Crippen LogP contribution in [-0.2, 0) is 6.42 Å². The van der Waals surface area contributed by atoms with Crippen LogP contribution in [0.25, 0.3) is 16.9 Å². The van der Waals surface area contributed by atoms with Gasteiger partial charge in [0.05, 0.1) is 19.9 Å². The Labute approximate surface area is 157 Å². The molecule has 0 spiro atoms. The van der Waals surface area contributed by atoms with Crippen molar-refractivity contribution in [3.05, 3.63) is 52.5 Å². The maximum Gasteiger partial charge on any atom is 0.170 e. The third-order valence-corrected chi connectivity index (χ3v) is 5.19. The molecule has 1 N–H and O–H groups in total. The standard InChI is InChI=1S/C20H20ClN3O2/c1-12-15(21)7-5-8-16(12)24-20-14(10-11-22-20)18(23-24)13-6-4-9-17(25-2)19(13)26-3/h4-9,22H,10-11H2,1-3H3. The minimum Gasteiger partial charge on any atom is -0.493 e. The van der Waals surface area contributed by atoms with Gasteiger partial charge in [0.1, 0.15) is 11.5 Å². The number of hydrogen-bond donors (Lipinski definition) is 1. The SMILES string of the molecule is COc1cccc(-c2nn(-c3cccc(Cl)c3C)c3c2CCN3)c1OC. The normalized spacial score (nSPS) is 12.6. The topological polar surface area (TPSA) is 48.3 Å². The van der Waals surface area contributed by atoms with Crippen molar-refractivity contribution in [3.8, 4) is 28.4 Å². The van der Waals surface area contributed by atoms with E-state index in [1.807, 2.05) is 48.0 Å². The maximum absolute atomic E-state index is 6.33. The molecule has 26 heavy (non-hydrogen) atoms. The van der Waals surface area contributed by atoms with Crippen LogP contribution < -0.4 is 14.8 Å². The molecule has 0 saturated carbocycles. The fourth-order valence-electron chi connectivity index (χ4n) is 3.46. The molecule has 0 amide bonds. The number of anilines is 1. The van der Waals surface area contributed by atoms with Crippen LogP contribution in [0.5, 0.6) is 11.5 Å². The molecular formula is C20H20ClN3O2. The van der Waals surface area contributed by atoms with E-state index in [1.165, 1.54) is 5.56 Å². The minimum absolute atomic E-state index is 0.692. The number of nitrogens with one attached hydrogen (secondary N) is 1. The number of para-hydroxylation sites is 1. The first-order chi connectivity index (χ1) is 12.7. The van der Waals surface area contributed by atoms with Crippen molar-refractivity contribution in [3.63, 3.8) is 0 Å². The second kappa shape index (κ2) is 6.57. The van der Waals surface area contributed by atoms with Gasteiger partial charge in [-0.1, -0.05) is 23.7 Å². The second-order valence-electron chi connectivity index (χ2n) is 6.19. The smallest absolute Gasteiger partial charge is 0.170 e. The van der Waals surface area contributed by atoms with Crippen LogP contribution in [0, 0.1) is 6.92 Å². The molecule has 134 valence electrons. The second-order valence-corrected chi connectivity index (χ2v) is 6.60. The van der Waals surface area contributed by atoms with Crippen LogP contribution in [0.3, 0.4) is 0 Å². The molecular weight excluding hydrogens is 350 g/mol. The van der Waals surface area contributed by atoms with Crippen LogP contribution in [-0.4, -0.2) is 30.5 Å². The quantitative estimate of drug-likeness (QED) is 0.736. The number of aromatic nitrogens is 2. The molecule has 0 fully saturated rings. The number of ether oxygens (including phenoxy) is 2. The highest BCUT2D eigenvalue weighted by Crippen LogP contribution is 2.42. The van der Waals surface area contributed by atoms with Gasteiger partial charge in [0.15, 0.2) is 11.5 Å². The summed E-state index contributed by atoms with van der Waals surface area (Å²) in [6.45, 7) is 2.89. The Kier molecular flexibility index (Phi) is 4.24. The van der Waals surface area contributed by atoms with Crippen LogP contribution in [0.4, 0.5) is 5.82 Å². The number of nitrogens with zero attached hydrogens (tertiary/aromatic N) is 2. The van der Waals surface area contributed by atoms with Crippen molar-refractivity contribution in [2.45, 2.75) is 13.3 Å². The number of fused-ring (bicyclic) bond motifs is 1. The molecule has 0 radical (unpaired) electrons. The number of halogens is 1. The maximum atomic E-state index is 6.33. The van der Waals surface area contributed by atoms with Gasteiger partial charge in [-0.05, 0) is 43.2 Å². The monoisotopic (exact) mass is 369 g/mol. The first kappa shape index (κ1) is 16.8. The van der Waals surface area contributed by atoms with Gasteiger partial charge in [0.25, 0.3) is 0 Å². The lowest BCUT2D eigenvalue weighted by atomic mass is 10.1. The van der Waals surface area contributed by atoms with Gasteiger partial charge in [-0.25, -0.2) is 4.68 Å². The summed E-state index contributed by atoms with van der Waals surface area (Å²) in [6.07, 6.45) is 0.907. The van der Waals surface area contributed by atoms with Gasteiger partial charge in [0, 0.05) is 22.7 Å². The van der Waals surface area contributed by atoms with E-state index < -0.39 is 0 Å². The molecule has 4 rings (SSSR count). The molecule has 0 unspecified atom stereocenters. The van der Waals surface area contributed by atoms with E-state index in [9.17, 15) is 0 Å². The highest BCUT2D eigenvalue weighted by Gasteiger charge is 2.27. The van der Waals surface area contributed by atoms with E-state index in [0.29, 0.717) is 11.5 Å². The van der Waals surface area contributed by atoms with Gasteiger partial charge in [-0.15, -0.1) is 0 Å². The molecule has 0 atom stereocenters. The third kappa shape index (κ3) is 2.51.